The molecule has 11 rings (SSSR count). The van der Waals surface area contributed by atoms with E-state index in [2.05, 4.69) is 185 Å². The lowest BCUT2D eigenvalue weighted by Crippen LogP contribution is -2.11. The molecule has 0 aliphatic carbocycles. The average Bonchev–Trinajstić information content (AvgIpc) is 3.88. The quantitative estimate of drug-likeness (QED) is 0.164. The van der Waals surface area contributed by atoms with Gasteiger partial charge in [-0.25, -0.2) is 4.98 Å². The summed E-state index contributed by atoms with van der Waals surface area (Å²) in [5.74, 6) is 0.636. The number of anilines is 3. The predicted octanol–water partition coefficient (Wildman–Crippen LogP) is 14.5. The summed E-state index contributed by atoms with van der Waals surface area (Å²) in [4.78, 5) is 7.30. The van der Waals surface area contributed by atoms with Crippen LogP contribution in [0.4, 0.5) is 17.1 Å². The van der Waals surface area contributed by atoms with Crippen molar-refractivity contribution in [1.29, 1.82) is 0 Å². The van der Waals surface area contributed by atoms with Gasteiger partial charge in [0.05, 0.1) is 16.7 Å². The minimum atomic E-state index is 0.636. The van der Waals surface area contributed by atoms with Gasteiger partial charge in [-0.15, -0.1) is 0 Å². The molecule has 0 bridgehead atoms. The van der Waals surface area contributed by atoms with Gasteiger partial charge in [0.1, 0.15) is 5.52 Å². The zero-order valence-electron chi connectivity index (χ0n) is 31.0. The zero-order valence-corrected chi connectivity index (χ0v) is 31.0. The summed E-state index contributed by atoms with van der Waals surface area (Å²) in [6.45, 7) is 0. The van der Waals surface area contributed by atoms with E-state index < -0.39 is 0 Å². The normalized spacial score (nSPS) is 11.5. The molecule has 0 aliphatic heterocycles. The molecule has 0 spiro atoms. The van der Waals surface area contributed by atoms with E-state index in [1.165, 1.54) is 21.9 Å². The number of fused-ring (bicyclic) bond motifs is 6. The number of hydrogen-bond donors (Lipinski definition) is 0. The van der Waals surface area contributed by atoms with Crippen LogP contribution in [0.5, 0.6) is 0 Å². The van der Waals surface area contributed by atoms with Crippen molar-refractivity contribution in [1.82, 2.24) is 9.55 Å². The summed E-state index contributed by atoms with van der Waals surface area (Å²) in [5.41, 5.74) is 14.0. The summed E-state index contributed by atoms with van der Waals surface area (Å²) < 4.78 is 8.56. The fourth-order valence-electron chi connectivity index (χ4n) is 8.32. The Bertz CT molecular complexity index is 3220. The number of benzene rings is 9. The van der Waals surface area contributed by atoms with E-state index in [9.17, 15) is 0 Å². The molecule has 0 saturated heterocycles. The van der Waals surface area contributed by atoms with Gasteiger partial charge in [0.15, 0.2) is 5.58 Å². The van der Waals surface area contributed by atoms with Gasteiger partial charge in [-0.3, -0.25) is 0 Å². The van der Waals surface area contributed by atoms with Gasteiger partial charge in [0.25, 0.3) is 0 Å². The molecule has 4 nitrogen and oxygen atoms in total. The number of nitrogens with zero attached hydrogens (tertiary/aromatic N) is 3. The highest BCUT2D eigenvalue weighted by Gasteiger charge is 2.20. The minimum Gasteiger partial charge on any atom is -0.436 e. The summed E-state index contributed by atoms with van der Waals surface area (Å²) in [6, 6.07) is 75.4. The Labute approximate surface area is 330 Å². The van der Waals surface area contributed by atoms with Crippen molar-refractivity contribution < 1.29 is 4.42 Å². The molecule has 57 heavy (non-hydrogen) atoms. The molecule has 0 atom stereocenters. The van der Waals surface area contributed by atoms with Crippen molar-refractivity contribution in [2.24, 2.45) is 0 Å². The molecule has 0 radical (unpaired) electrons. The van der Waals surface area contributed by atoms with Crippen LogP contribution in [-0.4, -0.2) is 9.55 Å². The topological polar surface area (TPSA) is 34.2 Å². The van der Waals surface area contributed by atoms with Crippen LogP contribution in [0.15, 0.2) is 217 Å². The Morgan fingerprint density at radius 3 is 1.86 bits per heavy atom. The van der Waals surface area contributed by atoms with E-state index in [-0.39, 0.29) is 0 Å². The fourth-order valence-corrected chi connectivity index (χ4v) is 8.32. The molecule has 11 aromatic rings. The van der Waals surface area contributed by atoms with Crippen LogP contribution in [0.2, 0.25) is 0 Å². The molecule has 0 fully saturated rings. The van der Waals surface area contributed by atoms with Gasteiger partial charge in [0, 0.05) is 44.3 Å². The van der Waals surface area contributed by atoms with Crippen molar-refractivity contribution in [2.45, 2.75) is 0 Å². The van der Waals surface area contributed by atoms with Gasteiger partial charge >= 0.3 is 0 Å². The molecule has 2 aromatic heterocycles. The van der Waals surface area contributed by atoms with Crippen LogP contribution in [-0.2, 0) is 0 Å². The maximum Gasteiger partial charge on any atom is 0.227 e. The molecule has 0 N–H and O–H groups in total. The van der Waals surface area contributed by atoms with E-state index in [1.807, 2.05) is 36.4 Å². The standard InChI is InChI=1S/C53H35N3O/c1-4-14-37(15-5-1)44-20-10-12-22-48(44)55(43-30-32-47-46-21-11-13-23-49(46)56(50(47)35-43)41-18-8-3-9-19-41)42-28-24-36(25-29-42)39-26-31-45-40(34-39)27-33-51-52(45)54-53(57-51)38-16-6-2-7-17-38/h1-35H. The SMILES string of the molecule is c1ccc(-c2nc3c(ccc4cc(-c5ccc(N(c6ccc7c8ccccc8n(-c8ccccc8)c7c6)c6ccccc6-c6ccccc6)cc5)ccc43)o2)cc1. The van der Waals surface area contributed by atoms with Crippen LogP contribution in [0.25, 0.3) is 83.1 Å². The first-order valence-electron chi connectivity index (χ1n) is 19.3. The third-order valence-electron chi connectivity index (χ3n) is 11.0. The Balaban J connectivity index is 1.04. The highest BCUT2D eigenvalue weighted by atomic mass is 16.3. The molecule has 4 heteroatoms. The summed E-state index contributed by atoms with van der Waals surface area (Å²) in [6.07, 6.45) is 0. The number of aromatic nitrogens is 2. The van der Waals surface area contributed by atoms with Crippen molar-refractivity contribution in [3.05, 3.63) is 212 Å². The van der Waals surface area contributed by atoms with E-state index >= 15 is 0 Å². The van der Waals surface area contributed by atoms with Gasteiger partial charge in [-0.1, -0.05) is 140 Å². The second-order valence-electron chi connectivity index (χ2n) is 14.4. The molecule has 2 heterocycles. The summed E-state index contributed by atoms with van der Waals surface area (Å²) >= 11 is 0. The Hall–Kier alpha value is -7.69. The highest BCUT2D eigenvalue weighted by molar-refractivity contribution is 6.11. The number of oxazole rings is 1. The monoisotopic (exact) mass is 729 g/mol. The third kappa shape index (κ3) is 5.66. The first-order chi connectivity index (χ1) is 28.3. The second kappa shape index (κ2) is 13.6. The molecule has 0 unspecified atom stereocenters. The van der Waals surface area contributed by atoms with E-state index in [4.69, 9.17) is 9.40 Å². The molecule has 268 valence electrons. The fraction of sp³-hybridized carbons (Fsp3) is 0. The third-order valence-corrected chi connectivity index (χ3v) is 11.0. The Kier molecular flexibility index (Phi) is 7.78. The molecule has 9 aromatic carbocycles. The van der Waals surface area contributed by atoms with Crippen LogP contribution in [0.3, 0.4) is 0 Å². The number of hydrogen-bond acceptors (Lipinski definition) is 3. The van der Waals surface area contributed by atoms with Gasteiger partial charge < -0.3 is 13.9 Å². The predicted molar refractivity (Wildman–Crippen MR) is 237 cm³/mol. The first-order valence-corrected chi connectivity index (χ1v) is 19.3. The van der Waals surface area contributed by atoms with Crippen molar-refractivity contribution in [3.8, 4) is 39.4 Å². The number of para-hydroxylation sites is 3. The number of rotatable bonds is 7. The van der Waals surface area contributed by atoms with Crippen LogP contribution < -0.4 is 4.90 Å². The van der Waals surface area contributed by atoms with E-state index in [1.54, 1.807) is 0 Å². The highest BCUT2D eigenvalue weighted by Crippen LogP contribution is 2.44. The van der Waals surface area contributed by atoms with Gasteiger partial charge in [-0.2, -0.15) is 0 Å². The first kappa shape index (κ1) is 32.7. The van der Waals surface area contributed by atoms with Crippen LogP contribution in [0, 0.1) is 0 Å². The van der Waals surface area contributed by atoms with E-state index in [0.29, 0.717) is 5.89 Å². The molecule has 0 aliphatic rings. The molecule has 0 amide bonds. The second-order valence-corrected chi connectivity index (χ2v) is 14.4. The summed E-state index contributed by atoms with van der Waals surface area (Å²) in [5, 5.41) is 4.66. The van der Waals surface area contributed by atoms with Crippen LogP contribution >= 0.6 is 0 Å². The van der Waals surface area contributed by atoms with Crippen LogP contribution in [0.1, 0.15) is 0 Å². The Morgan fingerprint density at radius 1 is 0.421 bits per heavy atom. The van der Waals surface area contributed by atoms with Crippen molar-refractivity contribution in [3.63, 3.8) is 0 Å². The zero-order chi connectivity index (χ0) is 37.7. The van der Waals surface area contributed by atoms with Gasteiger partial charge in [-0.05, 0) is 94.9 Å². The molecule has 0 saturated carbocycles. The molecular formula is C53H35N3O. The Morgan fingerprint density at radius 2 is 1.05 bits per heavy atom. The van der Waals surface area contributed by atoms with Gasteiger partial charge in [0.2, 0.25) is 5.89 Å². The largest absolute Gasteiger partial charge is 0.436 e. The van der Waals surface area contributed by atoms with E-state index in [0.717, 1.165) is 72.4 Å². The maximum atomic E-state index is 6.17. The summed E-state index contributed by atoms with van der Waals surface area (Å²) in [7, 11) is 0. The lowest BCUT2D eigenvalue weighted by atomic mass is 9.99. The molecular weight excluding hydrogens is 695 g/mol. The van der Waals surface area contributed by atoms with Crippen molar-refractivity contribution >= 4 is 60.7 Å². The lowest BCUT2D eigenvalue weighted by Gasteiger charge is -2.28. The smallest absolute Gasteiger partial charge is 0.227 e. The average molecular weight is 730 g/mol. The lowest BCUT2D eigenvalue weighted by molar-refractivity contribution is 0.620. The van der Waals surface area contributed by atoms with Crippen molar-refractivity contribution in [2.75, 3.05) is 4.90 Å². The minimum absolute atomic E-state index is 0.636. The maximum absolute atomic E-state index is 6.17.